The standard InChI is InChI=1S/C28H23F3N2O6/c1-2-22(39-26(36)20(32)12-15-8-4-3-5-9-15)33-16-13-19-23(21(14-16)38-27(37)28(29,30)31)25(35)18-11-7-6-10-17(18)24(19)34/h3-11,13-14,20,22,33H,2,12,32H2,1H3/t20-,22?/m0/s1. The maximum Gasteiger partial charge on any atom is 0.491 e. The van der Waals surface area contributed by atoms with Gasteiger partial charge >= 0.3 is 18.1 Å². The van der Waals surface area contributed by atoms with Crippen LogP contribution in [0.3, 0.4) is 0 Å². The Morgan fingerprint density at radius 2 is 1.54 bits per heavy atom. The molecule has 8 nitrogen and oxygen atoms in total. The number of anilines is 1. The van der Waals surface area contributed by atoms with Gasteiger partial charge in [-0.2, -0.15) is 13.2 Å². The Kier molecular flexibility index (Phi) is 7.82. The van der Waals surface area contributed by atoms with Gasteiger partial charge in [0.2, 0.25) is 0 Å². The highest BCUT2D eigenvalue weighted by Crippen LogP contribution is 2.37. The average molecular weight is 540 g/mol. The lowest BCUT2D eigenvalue weighted by Gasteiger charge is -2.24. The molecule has 0 heterocycles. The number of ether oxygens (including phenoxy) is 2. The summed E-state index contributed by atoms with van der Waals surface area (Å²) in [6.07, 6.45) is -5.95. The lowest BCUT2D eigenvalue weighted by atomic mass is 9.83. The molecule has 39 heavy (non-hydrogen) atoms. The van der Waals surface area contributed by atoms with Crippen LogP contribution in [0.15, 0.2) is 66.7 Å². The molecule has 1 aliphatic rings. The molecule has 4 rings (SSSR count). The van der Waals surface area contributed by atoms with E-state index >= 15 is 0 Å². The number of benzene rings is 3. The maximum atomic E-state index is 13.2. The molecule has 3 aromatic rings. The Labute approximate surface area is 220 Å². The van der Waals surface area contributed by atoms with E-state index in [-0.39, 0.29) is 35.2 Å². The summed E-state index contributed by atoms with van der Waals surface area (Å²) in [6.45, 7) is 1.67. The summed E-state index contributed by atoms with van der Waals surface area (Å²) in [5.41, 5.74) is 6.05. The Balaban J connectivity index is 1.63. The van der Waals surface area contributed by atoms with Crippen molar-refractivity contribution in [1.29, 1.82) is 0 Å². The molecule has 0 saturated carbocycles. The van der Waals surface area contributed by atoms with Gasteiger partial charge in [0, 0.05) is 34.9 Å². The van der Waals surface area contributed by atoms with Gasteiger partial charge in [-0.15, -0.1) is 0 Å². The minimum absolute atomic E-state index is 0.0180. The molecular formula is C28H23F3N2O6. The summed E-state index contributed by atoms with van der Waals surface area (Å²) < 4.78 is 49.0. The van der Waals surface area contributed by atoms with Crippen LogP contribution in [0.4, 0.5) is 18.9 Å². The monoisotopic (exact) mass is 540 g/mol. The molecule has 0 radical (unpaired) electrons. The van der Waals surface area contributed by atoms with Crippen molar-refractivity contribution < 1.29 is 41.8 Å². The number of esters is 2. The van der Waals surface area contributed by atoms with E-state index in [2.05, 4.69) is 10.1 Å². The predicted octanol–water partition coefficient (Wildman–Crippen LogP) is 4.19. The van der Waals surface area contributed by atoms with Crippen molar-refractivity contribution in [3.8, 4) is 5.75 Å². The van der Waals surface area contributed by atoms with Crippen LogP contribution in [-0.4, -0.2) is 42.0 Å². The van der Waals surface area contributed by atoms with E-state index in [1.54, 1.807) is 31.2 Å². The first-order chi connectivity index (χ1) is 18.5. The average Bonchev–Trinajstić information content (AvgIpc) is 2.91. The molecule has 0 fully saturated rings. The highest BCUT2D eigenvalue weighted by molar-refractivity contribution is 6.29. The zero-order chi connectivity index (χ0) is 28.3. The third-order valence-corrected chi connectivity index (χ3v) is 5.98. The smallest absolute Gasteiger partial charge is 0.441 e. The van der Waals surface area contributed by atoms with Gasteiger partial charge in [-0.3, -0.25) is 14.4 Å². The van der Waals surface area contributed by atoms with Gasteiger partial charge in [-0.1, -0.05) is 61.5 Å². The largest absolute Gasteiger partial charge is 0.491 e. The number of ketones is 2. The molecule has 0 aromatic heterocycles. The van der Waals surface area contributed by atoms with Crippen LogP contribution in [-0.2, 0) is 20.7 Å². The second-order valence-corrected chi connectivity index (χ2v) is 8.76. The number of nitrogens with two attached hydrogens (primary N) is 1. The minimum Gasteiger partial charge on any atom is -0.441 e. The zero-order valence-corrected chi connectivity index (χ0v) is 20.6. The topological polar surface area (TPSA) is 125 Å². The molecule has 202 valence electrons. The maximum absolute atomic E-state index is 13.2. The predicted molar refractivity (Wildman–Crippen MR) is 133 cm³/mol. The van der Waals surface area contributed by atoms with Crippen molar-refractivity contribution in [3.05, 3.63) is 94.5 Å². The number of halogens is 3. The summed E-state index contributed by atoms with van der Waals surface area (Å²) in [6, 6.07) is 16.0. The summed E-state index contributed by atoms with van der Waals surface area (Å²) in [7, 11) is 0. The highest BCUT2D eigenvalue weighted by Gasteiger charge is 2.43. The van der Waals surface area contributed by atoms with Crippen LogP contribution in [0.1, 0.15) is 50.8 Å². The van der Waals surface area contributed by atoms with Gasteiger partial charge in [0.15, 0.2) is 17.8 Å². The molecule has 3 N–H and O–H groups in total. The third kappa shape index (κ3) is 5.99. The quantitative estimate of drug-likeness (QED) is 0.194. The Morgan fingerprint density at radius 3 is 2.15 bits per heavy atom. The number of carbonyl (C=O) groups excluding carboxylic acids is 4. The van der Waals surface area contributed by atoms with Crippen LogP contribution >= 0.6 is 0 Å². The van der Waals surface area contributed by atoms with Gasteiger partial charge in [0.05, 0.1) is 5.56 Å². The normalized spacial score (nSPS) is 14.1. The summed E-state index contributed by atoms with van der Waals surface area (Å²) >= 11 is 0. The van der Waals surface area contributed by atoms with E-state index in [0.717, 1.165) is 11.6 Å². The molecule has 0 amide bonds. The zero-order valence-electron chi connectivity index (χ0n) is 20.6. The number of fused-ring (bicyclic) bond motifs is 2. The van der Waals surface area contributed by atoms with Crippen LogP contribution in [0.5, 0.6) is 5.75 Å². The van der Waals surface area contributed by atoms with Crippen molar-refractivity contribution in [2.75, 3.05) is 5.32 Å². The fourth-order valence-corrected chi connectivity index (χ4v) is 4.09. The second-order valence-electron chi connectivity index (χ2n) is 8.76. The number of rotatable bonds is 8. The fraction of sp³-hybridized carbons (Fsp3) is 0.214. The van der Waals surface area contributed by atoms with Gasteiger partial charge in [-0.05, 0) is 18.1 Å². The number of carbonyl (C=O) groups is 4. The SMILES string of the molecule is CCC(Nc1cc(OC(=O)C(F)(F)F)c2c(c1)C(=O)c1ccccc1C2=O)OC(=O)[C@@H](N)Cc1ccccc1. The van der Waals surface area contributed by atoms with Crippen molar-refractivity contribution >= 4 is 29.2 Å². The summed E-state index contributed by atoms with van der Waals surface area (Å²) in [4.78, 5) is 50.6. The molecule has 0 spiro atoms. The molecule has 3 aromatic carbocycles. The molecule has 2 atom stereocenters. The van der Waals surface area contributed by atoms with E-state index in [4.69, 9.17) is 10.5 Å². The van der Waals surface area contributed by atoms with E-state index < -0.39 is 53.3 Å². The van der Waals surface area contributed by atoms with Gasteiger partial charge in [0.25, 0.3) is 0 Å². The van der Waals surface area contributed by atoms with Crippen LogP contribution in [0.25, 0.3) is 0 Å². The molecule has 11 heteroatoms. The lowest BCUT2D eigenvalue weighted by molar-refractivity contribution is -0.189. The van der Waals surface area contributed by atoms with Crippen LogP contribution in [0, 0.1) is 0 Å². The van der Waals surface area contributed by atoms with E-state index in [1.807, 2.05) is 6.07 Å². The number of hydrogen-bond acceptors (Lipinski definition) is 8. The van der Waals surface area contributed by atoms with Gasteiger partial charge < -0.3 is 20.5 Å². The number of nitrogens with one attached hydrogen (secondary N) is 1. The Hall–Kier alpha value is -4.51. The highest BCUT2D eigenvalue weighted by atomic mass is 19.4. The second kappa shape index (κ2) is 11.1. The Morgan fingerprint density at radius 1 is 0.923 bits per heavy atom. The van der Waals surface area contributed by atoms with Crippen molar-refractivity contribution in [1.82, 2.24) is 0 Å². The van der Waals surface area contributed by atoms with Crippen LogP contribution < -0.4 is 15.8 Å². The minimum atomic E-state index is -5.35. The lowest BCUT2D eigenvalue weighted by Crippen LogP contribution is -2.38. The molecule has 0 bridgehead atoms. The van der Waals surface area contributed by atoms with E-state index in [1.165, 1.54) is 30.3 Å². The first-order valence-corrected chi connectivity index (χ1v) is 11.9. The van der Waals surface area contributed by atoms with E-state index in [9.17, 15) is 32.3 Å². The van der Waals surface area contributed by atoms with Gasteiger partial charge in [0.1, 0.15) is 11.8 Å². The van der Waals surface area contributed by atoms with Crippen molar-refractivity contribution in [2.24, 2.45) is 5.73 Å². The Bertz CT molecular complexity index is 1440. The first-order valence-electron chi connectivity index (χ1n) is 11.9. The number of hydrogen-bond donors (Lipinski definition) is 2. The van der Waals surface area contributed by atoms with Gasteiger partial charge in [-0.25, -0.2) is 4.79 Å². The summed E-state index contributed by atoms with van der Waals surface area (Å²) in [5.74, 6) is -5.48. The van der Waals surface area contributed by atoms with Crippen molar-refractivity contribution in [2.45, 2.75) is 38.2 Å². The molecule has 1 aliphatic carbocycles. The number of alkyl halides is 3. The third-order valence-electron chi connectivity index (χ3n) is 5.98. The molecule has 0 aliphatic heterocycles. The molecule has 0 saturated heterocycles. The molecular weight excluding hydrogens is 517 g/mol. The summed E-state index contributed by atoms with van der Waals surface area (Å²) in [5, 5.41) is 2.81. The first kappa shape index (κ1) is 27.5. The van der Waals surface area contributed by atoms with Crippen molar-refractivity contribution in [3.63, 3.8) is 0 Å². The van der Waals surface area contributed by atoms with E-state index in [0.29, 0.717) is 0 Å². The van der Waals surface area contributed by atoms with Crippen LogP contribution in [0.2, 0.25) is 0 Å². The molecule has 1 unspecified atom stereocenters. The fourth-order valence-electron chi connectivity index (χ4n) is 4.09.